The first-order chi connectivity index (χ1) is 9.99. The summed E-state index contributed by atoms with van der Waals surface area (Å²) in [4.78, 5) is 25.3. The molecule has 2 rings (SSSR count). The number of rotatable bonds is 4. The minimum Gasteiger partial charge on any atom is -0.393 e. The third-order valence-electron chi connectivity index (χ3n) is 4.05. The second kappa shape index (κ2) is 6.72. The van der Waals surface area contributed by atoms with Crippen LogP contribution in [0.2, 0.25) is 0 Å². The van der Waals surface area contributed by atoms with Gasteiger partial charge in [-0.25, -0.2) is 0 Å². The predicted octanol–water partition coefficient (Wildman–Crippen LogP) is 1.56. The number of hydrogen-bond acceptors (Lipinski definition) is 3. The van der Waals surface area contributed by atoms with E-state index in [2.05, 4.69) is 5.32 Å². The van der Waals surface area contributed by atoms with Crippen molar-refractivity contribution in [1.29, 1.82) is 0 Å². The van der Waals surface area contributed by atoms with Crippen LogP contribution < -0.4 is 10.2 Å². The molecule has 114 valence electrons. The Morgan fingerprint density at radius 2 is 2.05 bits per heavy atom. The second-order valence-corrected chi connectivity index (χ2v) is 5.64. The summed E-state index contributed by atoms with van der Waals surface area (Å²) in [6.07, 6.45) is 2.26. The minimum atomic E-state index is -0.233. The van der Waals surface area contributed by atoms with Gasteiger partial charge in [-0.2, -0.15) is 0 Å². The number of nitrogens with zero attached hydrogens (tertiary/aromatic N) is 1. The van der Waals surface area contributed by atoms with Gasteiger partial charge in [0.2, 0.25) is 5.91 Å². The van der Waals surface area contributed by atoms with E-state index in [1.165, 1.54) is 11.8 Å². The normalized spacial score (nSPS) is 21.1. The van der Waals surface area contributed by atoms with Crippen LogP contribution in [0.15, 0.2) is 24.3 Å². The van der Waals surface area contributed by atoms with Gasteiger partial charge in [-0.1, -0.05) is 12.1 Å². The first kappa shape index (κ1) is 15.5. The Morgan fingerprint density at radius 3 is 2.67 bits per heavy atom. The molecular formula is C16H22N2O3. The summed E-state index contributed by atoms with van der Waals surface area (Å²) in [6, 6.07) is 7.06. The van der Waals surface area contributed by atoms with Crippen LogP contribution in [0.3, 0.4) is 0 Å². The van der Waals surface area contributed by atoms with Crippen molar-refractivity contribution in [2.45, 2.75) is 32.3 Å². The highest BCUT2D eigenvalue weighted by molar-refractivity contribution is 6.04. The Balaban J connectivity index is 2.03. The molecule has 2 atom stereocenters. The number of amides is 2. The highest BCUT2D eigenvalue weighted by Gasteiger charge is 2.24. The Morgan fingerprint density at radius 1 is 1.33 bits per heavy atom. The molecule has 0 saturated heterocycles. The smallest absolute Gasteiger partial charge is 0.253 e. The van der Waals surface area contributed by atoms with Gasteiger partial charge in [0.15, 0.2) is 0 Å². The highest BCUT2D eigenvalue weighted by Crippen LogP contribution is 2.25. The van der Waals surface area contributed by atoms with Crippen molar-refractivity contribution in [2.24, 2.45) is 5.92 Å². The van der Waals surface area contributed by atoms with Crippen LogP contribution >= 0.6 is 0 Å². The van der Waals surface area contributed by atoms with Gasteiger partial charge in [-0.15, -0.1) is 0 Å². The van der Waals surface area contributed by atoms with Crippen LogP contribution in [-0.2, 0) is 4.79 Å². The predicted molar refractivity (Wildman–Crippen MR) is 81.2 cm³/mol. The van der Waals surface area contributed by atoms with E-state index in [-0.39, 0.29) is 17.9 Å². The van der Waals surface area contributed by atoms with Crippen LogP contribution in [0.1, 0.15) is 36.5 Å². The quantitative estimate of drug-likeness (QED) is 0.884. The summed E-state index contributed by atoms with van der Waals surface area (Å²) >= 11 is 0. The van der Waals surface area contributed by atoms with Crippen molar-refractivity contribution >= 4 is 17.5 Å². The fourth-order valence-electron chi connectivity index (χ4n) is 2.69. The minimum absolute atomic E-state index is 0.117. The molecule has 1 saturated carbocycles. The molecule has 5 heteroatoms. The molecule has 0 radical (unpaired) electrons. The fourth-order valence-corrected chi connectivity index (χ4v) is 2.69. The maximum absolute atomic E-state index is 12.3. The maximum atomic E-state index is 12.3. The summed E-state index contributed by atoms with van der Waals surface area (Å²) in [5, 5.41) is 12.4. The zero-order chi connectivity index (χ0) is 15.4. The lowest BCUT2D eigenvalue weighted by Gasteiger charge is -2.19. The van der Waals surface area contributed by atoms with E-state index in [0.717, 1.165) is 19.3 Å². The lowest BCUT2D eigenvalue weighted by molar-refractivity contribution is -0.116. The Kier molecular flexibility index (Phi) is 4.96. The number of aliphatic hydroxyl groups is 1. The molecule has 0 aromatic heterocycles. The second-order valence-electron chi connectivity index (χ2n) is 5.64. The molecule has 0 aliphatic heterocycles. The number of anilines is 1. The zero-order valence-electron chi connectivity index (χ0n) is 12.5. The standard InChI is InChI=1S/C16H22N2O3/c1-11(19)18(2)15-6-4-3-5-14(15)16(21)17-10-12-7-8-13(20)9-12/h3-6,12-13,20H,7-10H2,1-2H3,(H,17,21). The number of aliphatic hydroxyl groups excluding tert-OH is 1. The van der Waals surface area contributed by atoms with Gasteiger partial charge in [0.1, 0.15) is 0 Å². The van der Waals surface area contributed by atoms with Gasteiger partial charge in [0, 0.05) is 20.5 Å². The average Bonchev–Trinajstić information content (AvgIpc) is 2.89. The van der Waals surface area contributed by atoms with E-state index < -0.39 is 0 Å². The Labute approximate surface area is 125 Å². The molecule has 1 aliphatic rings. The van der Waals surface area contributed by atoms with E-state index in [4.69, 9.17) is 0 Å². The summed E-state index contributed by atoms with van der Waals surface area (Å²) < 4.78 is 0. The van der Waals surface area contributed by atoms with Crippen molar-refractivity contribution in [2.75, 3.05) is 18.5 Å². The number of benzene rings is 1. The lowest BCUT2D eigenvalue weighted by Crippen LogP contribution is -2.31. The fraction of sp³-hybridized carbons (Fsp3) is 0.500. The van der Waals surface area contributed by atoms with Gasteiger partial charge in [0.25, 0.3) is 5.91 Å². The molecule has 2 unspecified atom stereocenters. The Bertz CT molecular complexity index is 530. The molecule has 5 nitrogen and oxygen atoms in total. The van der Waals surface area contributed by atoms with Gasteiger partial charge in [0.05, 0.1) is 17.4 Å². The number of carbonyl (C=O) groups excluding carboxylic acids is 2. The van der Waals surface area contributed by atoms with E-state index in [1.54, 1.807) is 31.3 Å². The molecule has 2 N–H and O–H groups in total. The van der Waals surface area contributed by atoms with Crippen LogP contribution in [-0.4, -0.2) is 36.6 Å². The van der Waals surface area contributed by atoms with Crippen LogP contribution in [0, 0.1) is 5.92 Å². The molecule has 0 heterocycles. The van der Waals surface area contributed by atoms with Gasteiger partial charge in [-0.3, -0.25) is 9.59 Å². The molecule has 21 heavy (non-hydrogen) atoms. The molecule has 0 bridgehead atoms. The first-order valence-corrected chi connectivity index (χ1v) is 7.28. The van der Waals surface area contributed by atoms with E-state index in [1.807, 2.05) is 0 Å². The molecule has 1 fully saturated rings. The van der Waals surface area contributed by atoms with Gasteiger partial charge >= 0.3 is 0 Å². The largest absolute Gasteiger partial charge is 0.393 e. The maximum Gasteiger partial charge on any atom is 0.253 e. The van der Waals surface area contributed by atoms with Crippen LogP contribution in [0.4, 0.5) is 5.69 Å². The van der Waals surface area contributed by atoms with Crippen LogP contribution in [0.25, 0.3) is 0 Å². The molecule has 0 spiro atoms. The summed E-state index contributed by atoms with van der Waals surface area (Å²) in [6.45, 7) is 2.03. The lowest BCUT2D eigenvalue weighted by atomic mass is 10.1. The van der Waals surface area contributed by atoms with E-state index in [9.17, 15) is 14.7 Å². The van der Waals surface area contributed by atoms with Crippen LogP contribution in [0.5, 0.6) is 0 Å². The highest BCUT2D eigenvalue weighted by atomic mass is 16.3. The number of hydrogen-bond donors (Lipinski definition) is 2. The van der Waals surface area contributed by atoms with E-state index >= 15 is 0 Å². The summed E-state index contributed by atoms with van der Waals surface area (Å²) in [5.41, 5.74) is 1.10. The zero-order valence-corrected chi connectivity index (χ0v) is 12.5. The number of para-hydroxylation sites is 1. The molecule has 1 aromatic carbocycles. The first-order valence-electron chi connectivity index (χ1n) is 7.28. The van der Waals surface area contributed by atoms with Crippen molar-refractivity contribution < 1.29 is 14.7 Å². The summed E-state index contributed by atoms with van der Waals surface area (Å²) in [7, 11) is 1.65. The molecular weight excluding hydrogens is 268 g/mol. The Hall–Kier alpha value is -1.88. The topological polar surface area (TPSA) is 69.6 Å². The average molecular weight is 290 g/mol. The molecule has 1 aliphatic carbocycles. The third-order valence-corrected chi connectivity index (χ3v) is 4.05. The van der Waals surface area contributed by atoms with Crippen molar-refractivity contribution in [1.82, 2.24) is 5.32 Å². The van der Waals surface area contributed by atoms with Gasteiger partial charge in [-0.05, 0) is 37.3 Å². The van der Waals surface area contributed by atoms with Crippen molar-refractivity contribution in [3.8, 4) is 0 Å². The number of carbonyl (C=O) groups is 2. The third kappa shape index (κ3) is 3.82. The molecule has 1 aromatic rings. The SMILES string of the molecule is CC(=O)N(C)c1ccccc1C(=O)NCC1CCC(O)C1. The van der Waals surface area contributed by atoms with Gasteiger partial charge < -0.3 is 15.3 Å². The number of nitrogens with one attached hydrogen (secondary N) is 1. The monoisotopic (exact) mass is 290 g/mol. The molecule has 2 amide bonds. The van der Waals surface area contributed by atoms with Crippen molar-refractivity contribution in [3.63, 3.8) is 0 Å². The van der Waals surface area contributed by atoms with Crippen molar-refractivity contribution in [3.05, 3.63) is 29.8 Å². The summed E-state index contributed by atoms with van der Waals surface area (Å²) in [5.74, 6) is 0.0379. The van der Waals surface area contributed by atoms with E-state index in [0.29, 0.717) is 23.7 Å².